The van der Waals surface area contributed by atoms with Crippen LogP contribution in [0.2, 0.25) is 0 Å². The molecule has 0 radical (unpaired) electrons. The Kier molecular flexibility index (Phi) is 5.75. The number of benzene rings is 1. The van der Waals surface area contributed by atoms with Crippen LogP contribution in [-0.4, -0.2) is 24.2 Å². The predicted octanol–water partition coefficient (Wildman–Crippen LogP) is 2.64. The number of rotatable bonds is 4. The molecule has 1 fully saturated rings. The smallest absolute Gasteiger partial charge is 0.250 e. The van der Waals surface area contributed by atoms with Crippen LogP contribution in [0, 0.1) is 0 Å². The van der Waals surface area contributed by atoms with Gasteiger partial charge >= 0.3 is 0 Å². The quantitative estimate of drug-likeness (QED) is 0.663. The van der Waals surface area contributed by atoms with Crippen LogP contribution in [0.1, 0.15) is 31.2 Å². The first-order chi connectivity index (χ1) is 10.2. The first-order valence-corrected chi connectivity index (χ1v) is 7.52. The summed E-state index contributed by atoms with van der Waals surface area (Å²) >= 11 is 5.14. The zero-order chi connectivity index (χ0) is 15.1. The molecule has 4 nitrogen and oxygen atoms in total. The van der Waals surface area contributed by atoms with Gasteiger partial charge in [0.25, 0.3) is 0 Å². The zero-order valence-electron chi connectivity index (χ0n) is 12.1. The Bertz CT molecular complexity index is 520. The summed E-state index contributed by atoms with van der Waals surface area (Å²) in [6.45, 7) is 0. The third-order valence-electron chi connectivity index (χ3n) is 3.47. The molecule has 5 heteroatoms. The maximum atomic E-state index is 11.8. The molecule has 1 saturated carbocycles. The maximum absolute atomic E-state index is 11.8. The third-order valence-corrected chi connectivity index (χ3v) is 3.69. The molecule has 0 atom stereocenters. The average Bonchev–Trinajstić information content (AvgIpc) is 2.98. The van der Waals surface area contributed by atoms with E-state index in [4.69, 9.17) is 17.0 Å². The Morgan fingerprint density at radius 3 is 2.57 bits per heavy atom. The SMILES string of the molecule is COc1ccc(/C=C/C(=O)NC(=S)NC2CCCC2)cc1. The van der Waals surface area contributed by atoms with Gasteiger partial charge in [0, 0.05) is 12.1 Å². The highest BCUT2D eigenvalue weighted by molar-refractivity contribution is 7.80. The summed E-state index contributed by atoms with van der Waals surface area (Å²) in [4.78, 5) is 11.8. The molecule has 21 heavy (non-hydrogen) atoms. The normalized spacial score (nSPS) is 15.1. The number of carbonyl (C=O) groups excluding carboxylic acids is 1. The van der Waals surface area contributed by atoms with Gasteiger partial charge in [0.05, 0.1) is 7.11 Å². The van der Waals surface area contributed by atoms with E-state index in [9.17, 15) is 4.79 Å². The van der Waals surface area contributed by atoms with Crippen molar-refractivity contribution in [3.8, 4) is 5.75 Å². The van der Waals surface area contributed by atoms with Crippen molar-refractivity contribution in [2.24, 2.45) is 0 Å². The van der Waals surface area contributed by atoms with Crippen LogP contribution in [0.5, 0.6) is 5.75 Å². The van der Waals surface area contributed by atoms with Gasteiger partial charge in [0.15, 0.2) is 5.11 Å². The van der Waals surface area contributed by atoms with Crippen LogP contribution in [0.4, 0.5) is 0 Å². The molecule has 1 aliphatic carbocycles. The Labute approximate surface area is 130 Å². The van der Waals surface area contributed by atoms with E-state index in [1.54, 1.807) is 13.2 Å². The summed E-state index contributed by atoms with van der Waals surface area (Å²) in [7, 11) is 1.62. The molecule has 0 bridgehead atoms. The van der Waals surface area contributed by atoms with E-state index < -0.39 is 0 Å². The number of ether oxygens (including phenoxy) is 1. The number of amides is 1. The van der Waals surface area contributed by atoms with Gasteiger partial charge in [-0.05, 0) is 48.8 Å². The van der Waals surface area contributed by atoms with Gasteiger partial charge in [0.1, 0.15) is 5.75 Å². The number of hydrogen-bond acceptors (Lipinski definition) is 3. The van der Waals surface area contributed by atoms with Crippen LogP contribution in [-0.2, 0) is 4.79 Å². The number of hydrogen-bond donors (Lipinski definition) is 2. The fraction of sp³-hybridized carbons (Fsp3) is 0.375. The van der Waals surface area contributed by atoms with Gasteiger partial charge in [-0.3, -0.25) is 10.1 Å². The summed E-state index contributed by atoms with van der Waals surface area (Å²) in [6, 6.07) is 7.88. The Hall–Kier alpha value is -1.88. The minimum absolute atomic E-state index is 0.221. The summed E-state index contributed by atoms with van der Waals surface area (Å²) < 4.78 is 5.08. The maximum Gasteiger partial charge on any atom is 0.250 e. The molecule has 2 rings (SSSR count). The first-order valence-electron chi connectivity index (χ1n) is 7.11. The molecular weight excluding hydrogens is 284 g/mol. The Morgan fingerprint density at radius 2 is 1.95 bits per heavy atom. The van der Waals surface area contributed by atoms with E-state index >= 15 is 0 Å². The van der Waals surface area contributed by atoms with Crippen LogP contribution in [0.15, 0.2) is 30.3 Å². The van der Waals surface area contributed by atoms with Crippen molar-refractivity contribution in [3.05, 3.63) is 35.9 Å². The highest BCUT2D eigenvalue weighted by Gasteiger charge is 2.15. The summed E-state index contributed by atoms with van der Waals surface area (Å²) in [5, 5.41) is 6.25. The predicted molar refractivity (Wildman–Crippen MR) is 88.2 cm³/mol. The molecular formula is C16H20N2O2S. The van der Waals surface area contributed by atoms with Crippen molar-refractivity contribution in [1.29, 1.82) is 0 Å². The molecule has 0 unspecified atom stereocenters. The lowest BCUT2D eigenvalue weighted by atomic mass is 10.2. The highest BCUT2D eigenvalue weighted by Crippen LogP contribution is 2.17. The monoisotopic (exact) mass is 304 g/mol. The molecule has 0 spiro atoms. The lowest BCUT2D eigenvalue weighted by Crippen LogP contribution is -2.42. The minimum atomic E-state index is -0.221. The van der Waals surface area contributed by atoms with Gasteiger partial charge in [-0.25, -0.2) is 0 Å². The molecule has 2 N–H and O–H groups in total. The van der Waals surface area contributed by atoms with Gasteiger partial charge in [-0.2, -0.15) is 0 Å². The molecule has 0 aromatic heterocycles. The van der Waals surface area contributed by atoms with Crippen molar-refractivity contribution in [2.45, 2.75) is 31.7 Å². The second kappa shape index (κ2) is 7.78. The van der Waals surface area contributed by atoms with Gasteiger partial charge < -0.3 is 10.1 Å². The average molecular weight is 304 g/mol. The van der Waals surface area contributed by atoms with Gasteiger partial charge in [-0.15, -0.1) is 0 Å². The van der Waals surface area contributed by atoms with Crippen molar-refractivity contribution < 1.29 is 9.53 Å². The lowest BCUT2D eigenvalue weighted by Gasteiger charge is -2.13. The molecule has 1 amide bonds. The van der Waals surface area contributed by atoms with Gasteiger partial charge in [-0.1, -0.05) is 25.0 Å². The molecule has 0 heterocycles. The number of methoxy groups -OCH3 is 1. The van der Waals surface area contributed by atoms with E-state index in [0.717, 1.165) is 24.2 Å². The van der Waals surface area contributed by atoms with Crippen molar-refractivity contribution >= 4 is 29.3 Å². The van der Waals surface area contributed by atoms with Crippen LogP contribution >= 0.6 is 12.2 Å². The second-order valence-corrected chi connectivity index (χ2v) is 5.46. The number of carbonyl (C=O) groups is 1. The van der Waals surface area contributed by atoms with Crippen LogP contribution < -0.4 is 15.4 Å². The molecule has 1 aromatic carbocycles. The standard InChI is InChI=1S/C16H20N2O2S/c1-20-14-9-6-12(7-10-14)8-11-15(19)18-16(21)17-13-4-2-3-5-13/h6-11,13H,2-5H2,1H3,(H2,17,18,19,21)/b11-8+. The topological polar surface area (TPSA) is 50.4 Å². The van der Waals surface area contributed by atoms with Crippen LogP contribution in [0.25, 0.3) is 6.08 Å². The summed E-state index contributed by atoms with van der Waals surface area (Å²) in [6.07, 6.45) is 7.92. The van der Waals surface area contributed by atoms with Gasteiger partial charge in [0.2, 0.25) is 5.91 Å². The molecule has 1 aromatic rings. The van der Waals surface area contributed by atoms with E-state index in [-0.39, 0.29) is 5.91 Å². The summed E-state index contributed by atoms with van der Waals surface area (Å²) in [5.41, 5.74) is 0.931. The van der Waals surface area contributed by atoms with Crippen molar-refractivity contribution in [2.75, 3.05) is 7.11 Å². The van der Waals surface area contributed by atoms with Crippen molar-refractivity contribution in [3.63, 3.8) is 0 Å². The Balaban J connectivity index is 1.79. The second-order valence-electron chi connectivity index (χ2n) is 5.05. The van der Waals surface area contributed by atoms with Crippen LogP contribution in [0.3, 0.4) is 0 Å². The highest BCUT2D eigenvalue weighted by atomic mass is 32.1. The fourth-order valence-corrected chi connectivity index (χ4v) is 2.60. The molecule has 0 saturated heterocycles. The molecule has 112 valence electrons. The van der Waals surface area contributed by atoms with Crippen molar-refractivity contribution in [1.82, 2.24) is 10.6 Å². The van der Waals surface area contributed by atoms with E-state index in [1.165, 1.54) is 18.9 Å². The Morgan fingerprint density at radius 1 is 1.29 bits per heavy atom. The van der Waals surface area contributed by atoms with E-state index in [1.807, 2.05) is 24.3 Å². The summed E-state index contributed by atoms with van der Waals surface area (Å²) in [5.74, 6) is 0.569. The van der Waals surface area contributed by atoms with E-state index in [0.29, 0.717) is 11.2 Å². The molecule has 0 aliphatic heterocycles. The molecule has 1 aliphatic rings. The lowest BCUT2D eigenvalue weighted by molar-refractivity contribution is -0.115. The zero-order valence-corrected chi connectivity index (χ0v) is 12.9. The van der Waals surface area contributed by atoms with E-state index in [2.05, 4.69) is 10.6 Å². The first kappa shape index (κ1) is 15.5. The largest absolute Gasteiger partial charge is 0.497 e. The number of nitrogens with one attached hydrogen (secondary N) is 2. The third kappa shape index (κ3) is 5.19. The minimum Gasteiger partial charge on any atom is -0.497 e. The number of thiocarbonyl (C=S) groups is 1. The fourth-order valence-electron chi connectivity index (χ4n) is 2.33.